The van der Waals surface area contributed by atoms with Crippen LogP contribution in [0.5, 0.6) is 0 Å². The van der Waals surface area contributed by atoms with E-state index < -0.39 is 0 Å². The molecule has 0 saturated heterocycles. The molecule has 0 fully saturated rings. The van der Waals surface area contributed by atoms with Gasteiger partial charge < -0.3 is 0 Å². The Morgan fingerprint density at radius 1 is 0.405 bits per heavy atom. The van der Waals surface area contributed by atoms with Crippen LogP contribution >= 0.6 is 0 Å². The molecule has 0 unspecified atom stereocenters. The fourth-order valence-electron chi connectivity index (χ4n) is 7.08. The summed E-state index contributed by atoms with van der Waals surface area (Å²) in [6.45, 7) is 4.64. The van der Waals surface area contributed by atoms with Crippen molar-refractivity contribution < 1.29 is 0 Å². The summed E-state index contributed by atoms with van der Waals surface area (Å²) in [6, 6.07) is 51.7. The van der Waals surface area contributed by atoms with Gasteiger partial charge in [-0.2, -0.15) is 0 Å². The molecule has 0 spiro atoms. The topological polar surface area (TPSA) is 0 Å². The molecule has 8 aromatic rings. The molecule has 0 aliphatic rings. The van der Waals surface area contributed by atoms with Crippen molar-refractivity contribution in [1.29, 1.82) is 0 Å². The molecule has 8 aromatic carbocycles. The maximum atomic E-state index is 2.41. The lowest BCUT2D eigenvalue weighted by Gasteiger charge is -2.18. The first kappa shape index (κ1) is 24.8. The van der Waals surface area contributed by atoms with E-state index in [2.05, 4.69) is 153 Å². The van der Waals surface area contributed by atoms with Crippen molar-refractivity contribution in [2.75, 3.05) is 0 Å². The zero-order valence-electron chi connectivity index (χ0n) is 24.1. The highest BCUT2D eigenvalue weighted by atomic mass is 14.2. The Kier molecular flexibility index (Phi) is 5.83. The predicted molar refractivity (Wildman–Crippen MR) is 183 cm³/mol. The maximum absolute atomic E-state index is 2.41. The highest BCUT2D eigenvalue weighted by Gasteiger charge is 2.16. The molecule has 42 heavy (non-hydrogen) atoms. The first-order chi connectivity index (χ1) is 20.7. The molecule has 0 heteroatoms. The van der Waals surface area contributed by atoms with Crippen LogP contribution in [-0.2, 0) is 6.42 Å². The monoisotopic (exact) mass is 536 g/mol. The predicted octanol–water partition coefficient (Wildman–Crippen LogP) is 12.0. The van der Waals surface area contributed by atoms with E-state index in [0.29, 0.717) is 5.92 Å². The minimum Gasteiger partial charge on any atom is -0.0625 e. The Bertz CT molecular complexity index is 2290. The van der Waals surface area contributed by atoms with Gasteiger partial charge in [-0.1, -0.05) is 147 Å². The van der Waals surface area contributed by atoms with E-state index in [9.17, 15) is 0 Å². The van der Waals surface area contributed by atoms with Crippen molar-refractivity contribution in [1.82, 2.24) is 0 Å². The summed E-state index contributed by atoms with van der Waals surface area (Å²) in [5, 5.41) is 13.2. The van der Waals surface area contributed by atoms with Gasteiger partial charge in [0.2, 0.25) is 0 Å². The highest BCUT2D eigenvalue weighted by Crippen LogP contribution is 2.43. The Balaban J connectivity index is 1.45. The third kappa shape index (κ3) is 3.90. The van der Waals surface area contributed by atoms with Crippen LogP contribution < -0.4 is 0 Å². The van der Waals surface area contributed by atoms with Crippen molar-refractivity contribution in [3.63, 3.8) is 0 Å². The van der Waals surface area contributed by atoms with Gasteiger partial charge >= 0.3 is 0 Å². The van der Waals surface area contributed by atoms with E-state index >= 15 is 0 Å². The van der Waals surface area contributed by atoms with E-state index in [4.69, 9.17) is 0 Å². The minimum atomic E-state index is 0.588. The highest BCUT2D eigenvalue weighted by molar-refractivity contribution is 6.22. The van der Waals surface area contributed by atoms with Crippen LogP contribution in [0.1, 0.15) is 19.4 Å². The van der Waals surface area contributed by atoms with E-state index in [1.807, 2.05) is 0 Å². The third-order valence-electron chi connectivity index (χ3n) is 8.91. The summed E-state index contributed by atoms with van der Waals surface area (Å²) in [4.78, 5) is 0. The summed E-state index contributed by atoms with van der Waals surface area (Å²) in [5.74, 6) is 0.588. The number of benzene rings is 8. The lowest BCUT2D eigenvalue weighted by atomic mass is 9.85. The SMILES string of the molecule is CC(C)Cc1c2ccccc2cc2c1ccc1c(-c3ccc(-c4ccccc4)c4c3ccc3ccccc34)cccc12. The fourth-order valence-corrected chi connectivity index (χ4v) is 7.08. The van der Waals surface area contributed by atoms with Crippen molar-refractivity contribution in [3.05, 3.63) is 145 Å². The van der Waals surface area contributed by atoms with Gasteiger partial charge in [0.15, 0.2) is 0 Å². The maximum Gasteiger partial charge on any atom is -0.00206 e. The van der Waals surface area contributed by atoms with Gasteiger partial charge in [0.05, 0.1) is 0 Å². The molecule has 8 rings (SSSR count). The quantitative estimate of drug-likeness (QED) is 0.155. The Morgan fingerprint density at radius 2 is 1.05 bits per heavy atom. The molecular weight excluding hydrogens is 504 g/mol. The molecule has 0 saturated carbocycles. The standard InChI is InChI=1S/C42H32/c1-27(2)25-40-31-15-8-7-14-30(31)26-41-35-18-10-17-34(36(35)23-24-38(40)41)37-22-21-33(28-11-4-3-5-12-28)42-32-16-9-6-13-29(32)19-20-39(37)42/h3-24,26-27H,25H2,1-2H3. The van der Waals surface area contributed by atoms with Crippen LogP contribution in [0.4, 0.5) is 0 Å². The van der Waals surface area contributed by atoms with Crippen LogP contribution in [0, 0.1) is 5.92 Å². The first-order valence-electron chi connectivity index (χ1n) is 15.0. The van der Waals surface area contributed by atoms with E-state index in [1.54, 1.807) is 0 Å². The first-order valence-corrected chi connectivity index (χ1v) is 15.0. The molecule has 0 aliphatic carbocycles. The second-order valence-corrected chi connectivity index (χ2v) is 12.0. The Hall–Kier alpha value is -4.94. The van der Waals surface area contributed by atoms with Gasteiger partial charge in [0.25, 0.3) is 0 Å². The number of hydrogen-bond acceptors (Lipinski definition) is 0. The van der Waals surface area contributed by atoms with Crippen LogP contribution in [-0.4, -0.2) is 0 Å². The van der Waals surface area contributed by atoms with Gasteiger partial charge in [-0.15, -0.1) is 0 Å². The van der Waals surface area contributed by atoms with Gasteiger partial charge in [-0.3, -0.25) is 0 Å². The Morgan fingerprint density at radius 3 is 1.88 bits per heavy atom. The molecule has 0 aliphatic heterocycles. The number of hydrogen-bond donors (Lipinski definition) is 0. The van der Waals surface area contributed by atoms with Crippen LogP contribution in [0.25, 0.3) is 76.1 Å². The van der Waals surface area contributed by atoms with Crippen molar-refractivity contribution in [2.45, 2.75) is 20.3 Å². The molecule has 0 heterocycles. The lowest BCUT2D eigenvalue weighted by molar-refractivity contribution is 0.653. The molecule has 0 N–H and O–H groups in total. The lowest BCUT2D eigenvalue weighted by Crippen LogP contribution is -1.97. The molecule has 0 bridgehead atoms. The van der Waals surface area contributed by atoms with Crippen molar-refractivity contribution >= 4 is 53.9 Å². The van der Waals surface area contributed by atoms with Gasteiger partial charge in [0.1, 0.15) is 0 Å². The Labute approximate surface area is 246 Å². The zero-order valence-corrected chi connectivity index (χ0v) is 24.1. The molecule has 200 valence electrons. The zero-order chi connectivity index (χ0) is 28.2. The normalized spacial score (nSPS) is 11.9. The summed E-state index contributed by atoms with van der Waals surface area (Å²) in [6.07, 6.45) is 1.07. The van der Waals surface area contributed by atoms with E-state index in [-0.39, 0.29) is 0 Å². The molecule has 0 nitrogen and oxygen atoms in total. The summed E-state index contributed by atoms with van der Waals surface area (Å²) < 4.78 is 0. The molecule has 0 radical (unpaired) electrons. The summed E-state index contributed by atoms with van der Waals surface area (Å²) >= 11 is 0. The van der Waals surface area contributed by atoms with Gasteiger partial charge in [0, 0.05) is 0 Å². The largest absolute Gasteiger partial charge is 0.0625 e. The van der Waals surface area contributed by atoms with Crippen LogP contribution in [0.15, 0.2) is 140 Å². The molecule has 0 atom stereocenters. The second kappa shape index (κ2) is 9.86. The smallest absolute Gasteiger partial charge is 0.00206 e. The van der Waals surface area contributed by atoms with E-state index in [0.717, 1.165) is 6.42 Å². The van der Waals surface area contributed by atoms with Crippen LogP contribution in [0.3, 0.4) is 0 Å². The second-order valence-electron chi connectivity index (χ2n) is 12.0. The van der Waals surface area contributed by atoms with E-state index in [1.165, 1.54) is 81.7 Å². The molecule has 0 aromatic heterocycles. The summed E-state index contributed by atoms with van der Waals surface area (Å²) in [5.41, 5.74) is 6.56. The van der Waals surface area contributed by atoms with Gasteiger partial charge in [-0.25, -0.2) is 0 Å². The molecule has 0 amide bonds. The van der Waals surface area contributed by atoms with Crippen molar-refractivity contribution in [3.8, 4) is 22.3 Å². The van der Waals surface area contributed by atoms with Crippen LogP contribution in [0.2, 0.25) is 0 Å². The number of fused-ring (bicyclic) bond motifs is 7. The average molecular weight is 537 g/mol. The third-order valence-corrected chi connectivity index (χ3v) is 8.91. The van der Waals surface area contributed by atoms with Gasteiger partial charge in [-0.05, 0) is 100 Å². The molecular formula is C42H32. The minimum absolute atomic E-state index is 0.588. The average Bonchev–Trinajstić information content (AvgIpc) is 3.04. The number of rotatable bonds is 4. The fraction of sp³-hybridized carbons (Fsp3) is 0.0952. The van der Waals surface area contributed by atoms with Crippen molar-refractivity contribution in [2.24, 2.45) is 5.92 Å². The summed E-state index contributed by atoms with van der Waals surface area (Å²) in [7, 11) is 0.